The maximum absolute atomic E-state index is 14.6. The Balaban J connectivity index is 2.25. The van der Waals surface area contributed by atoms with Crippen LogP contribution in [0, 0.1) is 11.6 Å². The van der Waals surface area contributed by atoms with E-state index < -0.39 is 29.0 Å². The first-order chi connectivity index (χ1) is 11.5. The van der Waals surface area contributed by atoms with Gasteiger partial charge < -0.3 is 24.7 Å². The number of benzene rings is 1. The van der Waals surface area contributed by atoms with Gasteiger partial charge >= 0.3 is 5.97 Å². The second-order valence-corrected chi connectivity index (χ2v) is 4.75. The molecule has 2 heterocycles. The Morgan fingerprint density at radius 2 is 1.92 bits per heavy atom. The third kappa shape index (κ3) is 2.34. The molecule has 1 aliphatic heterocycles. The van der Waals surface area contributed by atoms with Crippen molar-refractivity contribution >= 4 is 11.7 Å². The minimum Gasteiger partial charge on any atom is -0.492 e. The van der Waals surface area contributed by atoms with Crippen LogP contribution in [-0.4, -0.2) is 32.0 Å². The van der Waals surface area contributed by atoms with E-state index in [0.29, 0.717) is 0 Å². The normalized spacial score (nSPS) is 12.2. The van der Waals surface area contributed by atoms with Gasteiger partial charge in [0.2, 0.25) is 6.79 Å². The summed E-state index contributed by atoms with van der Waals surface area (Å²) < 4.78 is 48.5. The molecule has 0 radical (unpaired) electrons. The van der Waals surface area contributed by atoms with E-state index in [1.807, 2.05) is 0 Å². The summed E-state index contributed by atoms with van der Waals surface area (Å²) in [7, 11) is 2.31. The van der Waals surface area contributed by atoms with E-state index in [4.69, 9.17) is 19.9 Å². The number of fused-ring (bicyclic) bond motifs is 1. The summed E-state index contributed by atoms with van der Waals surface area (Å²) in [4.78, 5) is 15.7. The lowest BCUT2D eigenvalue weighted by Gasteiger charge is -2.13. The molecule has 0 unspecified atom stereocenters. The number of esters is 1. The molecule has 126 valence electrons. The highest BCUT2D eigenvalue weighted by Crippen LogP contribution is 2.40. The number of pyridine rings is 1. The molecule has 1 aromatic heterocycles. The Morgan fingerprint density at radius 3 is 2.54 bits per heavy atom. The molecular formula is C15H12F2N2O5. The number of aromatic nitrogens is 1. The first-order valence-electron chi connectivity index (χ1n) is 6.68. The molecule has 1 aliphatic rings. The van der Waals surface area contributed by atoms with Crippen molar-refractivity contribution in [3.8, 4) is 28.5 Å². The number of hydrogen-bond donors (Lipinski definition) is 1. The molecule has 0 saturated heterocycles. The van der Waals surface area contributed by atoms with Crippen molar-refractivity contribution in [2.24, 2.45) is 0 Å². The van der Waals surface area contributed by atoms with Gasteiger partial charge in [-0.05, 0) is 6.07 Å². The van der Waals surface area contributed by atoms with Gasteiger partial charge in [-0.3, -0.25) is 0 Å². The first-order valence-corrected chi connectivity index (χ1v) is 6.68. The highest BCUT2D eigenvalue weighted by molar-refractivity contribution is 5.93. The molecule has 2 N–H and O–H groups in total. The number of nitrogen functional groups attached to an aromatic ring is 1. The Bertz CT molecular complexity index is 841. The minimum atomic E-state index is -1.03. The lowest BCUT2D eigenvalue weighted by molar-refractivity contribution is 0.0590. The summed E-state index contributed by atoms with van der Waals surface area (Å²) in [6.45, 7) is -0.0771. The molecule has 24 heavy (non-hydrogen) atoms. The summed E-state index contributed by atoms with van der Waals surface area (Å²) in [6.07, 6.45) is 0. The second kappa shape index (κ2) is 5.84. The average molecular weight is 338 g/mol. The predicted molar refractivity (Wildman–Crippen MR) is 78.0 cm³/mol. The van der Waals surface area contributed by atoms with Crippen molar-refractivity contribution in [3.05, 3.63) is 29.5 Å². The van der Waals surface area contributed by atoms with Gasteiger partial charge in [-0.15, -0.1) is 0 Å². The summed E-state index contributed by atoms with van der Waals surface area (Å²) in [5.74, 6) is -2.62. The topological polar surface area (TPSA) is 92.9 Å². The van der Waals surface area contributed by atoms with Crippen molar-refractivity contribution in [2.45, 2.75) is 0 Å². The molecular weight excluding hydrogens is 326 g/mol. The van der Waals surface area contributed by atoms with E-state index in [1.165, 1.54) is 13.2 Å². The zero-order chi connectivity index (χ0) is 17.4. The highest BCUT2D eigenvalue weighted by atomic mass is 19.1. The third-order valence-electron chi connectivity index (χ3n) is 3.43. The molecule has 0 spiro atoms. The van der Waals surface area contributed by atoms with Crippen LogP contribution in [0.25, 0.3) is 11.3 Å². The number of rotatable bonds is 3. The zero-order valence-electron chi connectivity index (χ0n) is 12.7. The van der Waals surface area contributed by atoms with Gasteiger partial charge in [-0.1, -0.05) is 0 Å². The van der Waals surface area contributed by atoms with Gasteiger partial charge in [0.05, 0.1) is 14.2 Å². The van der Waals surface area contributed by atoms with Gasteiger partial charge in [0.1, 0.15) is 17.2 Å². The Labute approximate surface area is 134 Å². The van der Waals surface area contributed by atoms with E-state index in [-0.39, 0.29) is 35.3 Å². The number of anilines is 1. The van der Waals surface area contributed by atoms with Crippen LogP contribution in [-0.2, 0) is 4.74 Å². The average Bonchev–Trinajstić information content (AvgIpc) is 3.02. The molecule has 0 bridgehead atoms. The number of carbonyl (C=O) groups is 1. The largest absolute Gasteiger partial charge is 0.492 e. The summed E-state index contributed by atoms with van der Waals surface area (Å²) >= 11 is 0. The van der Waals surface area contributed by atoms with Gasteiger partial charge in [0, 0.05) is 11.6 Å². The SMILES string of the molecule is COC(=O)c1nc(-c2cc3c(cc2F)OCO3)c(F)c(N)c1OC. The fourth-order valence-corrected chi connectivity index (χ4v) is 2.29. The minimum absolute atomic E-state index is 0.0771. The van der Waals surface area contributed by atoms with E-state index in [2.05, 4.69) is 9.72 Å². The Kier molecular flexibility index (Phi) is 3.84. The van der Waals surface area contributed by atoms with Crippen LogP contribution in [0.3, 0.4) is 0 Å². The summed E-state index contributed by atoms with van der Waals surface area (Å²) in [6, 6.07) is 2.26. The van der Waals surface area contributed by atoms with Crippen molar-refractivity contribution in [3.63, 3.8) is 0 Å². The number of hydrogen-bond acceptors (Lipinski definition) is 7. The van der Waals surface area contributed by atoms with Crippen LogP contribution < -0.4 is 19.9 Å². The van der Waals surface area contributed by atoms with Crippen LogP contribution in [0.1, 0.15) is 10.5 Å². The molecule has 0 fully saturated rings. The van der Waals surface area contributed by atoms with Gasteiger partial charge in [0.25, 0.3) is 0 Å². The smallest absolute Gasteiger partial charge is 0.360 e. The molecule has 7 nitrogen and oxygen atoms in total. The standard InChI is InChI=1S/C15H12F2N2O5/c1-21-14-11(18)10(17)12(19-13(14)15(20)22-2)6-3-8-9(4-7(6)16)24-5-23-8/h3-4H,5H2,1-2H3,(H2,18,19). The maximum Gasteiger partial charge on any atom is 0.360 e. The van der Waals surface area contributed by atoms with Crippen molar-refractivity contribution in [1.29, 1.82) is 0 Å². The lowest BCUT2D eigenvalue weighted by Crippen LogP contribution is -2.12. The first kappa shape index (κ1) is 15.8. The fourth-order valence-electron chi connectivity index (χ4n) is 2.29. The molecule has 0 amide bonds. The maximum atomic E-state index is 14.6. The van der Waals surface area contributed by atoms with Gasteiger partial charge in [-0.25, -0.2) is 18.6 Å². The lowest BCUT2D eigenvalue weighted by atomic mass is 10.1. The molecule has 9 heteroatoms. The summed E-state index contributed by atoms with van der Waals surface area (Å²) in [5, 5.41) is 0. The second-order valence-electron chi connectivity index (χ2n) is 4.75. The zero-order valence-corrected chi connectivity index (χ0v) is 12.7. The number of nitrogens with zero attached hydrogens (tertiary/aromatic N) is 1. The number of ether oxygens (including phenoxy) is 4. The van der Waals surface area contributed by atoms with Crippen LogP contribution in [0.4, 0.5) is 14.5 Å². The molecule has 0 aliphatic carbocycles. The van der Waals surface area contributed by atoms with Gasteiger partial charge in [-0.2, -0.15) is 0 Å². The quantitative estimate of drug-likeness (QED) is 0.857. The molecule has 2 aromatic rings. The van der Waals surface area contributed by atoms with E-state index in [1.54, 1.807) is 0 Å². The Morgan fingerprint density at radius 1 is 1.25 bits per heavy atom. The molecule has 1 aromatic carbocycles. The number of methoxy groups -OCH3 is 2. The molecule has 3 rings (SSSR count). The van der Waals surface area contributed by atoms with Crippen LogP contribution in [0.2, 0.25) is 0 Å². The van der Waals surface area contributed by atoms with Gasteiger partial charge in [0.15, 0.2) is 28.8 Å². The monoisotopic (exact) mass is 338 g/mol. The summed E-state index contributed by atoms with van der Waals surface area (Å²) in [5.41, 5.74) is 4.10. The molecule has 0 atom stereocenters. The fraction of sp³-hybridized carbons (Fsp3) is 0.200. The van der Waals surface area contributed by atoms with Crippen LogP contribution in [0.15, 0.2) is 12.1 Å². The predicted octanol–water partition coefficient (Wildman–Crippen LogP) is 2.13. The van der Waals surface area contributed by atoms with Crippen LogP contribution in [0.5, 0.6) is 17.2 Å². The van der Waals surface area contributed by atoms with Crippen molar-refractivity contribution < 1.29 is 32.5 Å². The Hall–Kier alpha value is -3.10. The third-order valence-corrected chi connectivity index (χ3v) is 3.43. The van der Waals surface area contributed by atoms with Crippen molar-refractivity contribution in [1.82, 2.24) is 4.98 Å². The highest BCUT2D eigenvalue weighted by Gasteiger charge is 2.27. The van der Waals surface area contributed by atoms with E-state index in [0.717, 1.165) is 13.2 Å². The number of carbonyl (C=O) groups excluding carboxylic acids is 1. The molecule has 0 saturated carbocycles. The number of halogens is 2. The van der Waals surface area contributed by atoms with Crippen LogP contribution >= 0.6 is 0 Å². The number of nitrogens with two attached hydrogens (primary N) is 1. The van der Waals surface area contributed by atoms with Crippen molar-refractivity contribution in [2.75, 3.05) is 26.7 Å². The van der Waals surface area contributed by atoms with E-state index in [9.17, 15) is 13.6 Å². The van der Waals surface area contributed by atoms with E-state index >= 15 is 0 Å².